The summed E-state index contributed by atoms with van der Waals surface area (Å²) < 4.78 is 0. The van der Waals surface area contributed by atoms with E-state index in [4.69, 9.17) is 0 Å². The van der Waals surface area contributed by atoms with E-state index in [0.717, 1.165) is 17.8 Å². The number of rotatable bonds is 4. The maximum Gasteiger partial charge on any atom is 0.0835 e. The van der Waals surface area contributed by atoms with Crippen LogP contribution in [-0.4, -0.2) is 13.4 Å². The summed E-state index contributed by atoms with van der Waals surface area (Å²) in [6.07, 6.45) is 4.77. The summed E-state index contributed by atoms with van der Waals surface area (Å²) in [6, 6.07) is 0. The van der Waals surface area contributed by atoms with Gasteiger partial charge in [0, 0.05) is 0 Å². The molecular weight excluding hydrogens is 136 g/mol. The second kappa shape index (κ2) is 5.59. The van der Waals surface area contributed by atoms with Gasteiger partial charge in [-0.2, -0.15) is 0 Å². The molecule has 0 rings (SSSR count). The van der Waals surface area contributed by atoms with E-state index < -0.39 is 0 Å². The van der Waals surface area contributed by atoms with Crippen molar-refractivity contribution in [3.63, 3.8) is 0 Å². The maximum absolute atomic E-state index is 3.83. The van der Waals surface area contributed by atoms with Crippen LogP contribution in [0.4, 0.5) is 0 Å². The van der Waals surface area contributed by atoms with Crippen LogP contribution in [0.2, 0.25) is 0 Å². The molecule has 60 valence electrons. The summed E-state index contributed by atoms with van der Waals surface area (Å²) in [6.45, 7) is 10.8. The van der Waals surface area contributed by atoms with Crippen LogP contribution in [-0.2, 0) is 0 Å². The van der Waals surface area contributed by atoms with Gasteiger partial charge in [0.05, 0.1) is 11.4 Å². The predicted molar refractivity (Wildman–Crippen MR) is 51.2 cm³/mol. The van der Waals surface area contributed by atoms with Gasteiger partial charge in [-0.05, 0) is 26.8 Å². The molecule has 0 unspecified atom stereocenters. The molecule has 0 aromatic rings. The molecule has 0 saturated heterocycles. The van der Waals surface area contributed by atoms with Crippen molar-refractivity contribution in [2.75, 3.05) is 0 Å². The molecule has 0 aliphatic carbocycles. The highest BCUT2D eigenvalue weighted by Gasteiger charge is 1.95. The second-order valence-corrected chi connectivity index (χ2v) is 1.99. The fraction of sp³-hybridized carbons (Fsp3) is 0.333. The van der Waals surface area contributed by atoms with Crippen LogP contribution >= 0.6 is 0 Å². The summed E-state index contributed by atoms with van der Waals surface area (Å²) in [7, 11) is 0. The van der Waals surface area contributed by atoms with E-state index >= 15 is 0 Å². The number of hydrogen-bond acceptors (Lipinski definition) is 2. The summed E-state index contributed by atoms with van der Waals surface area (Å²) in [5, 5.41) is 0. The SMILES string of the molecule is C=NC(=C/C)/C(=C\CC)N=C. The molecular formula is C9H14N2. The largest absolute Gasteiger partial charge is 0.263 e. The van der Waals surface area contributed by atoms with Gasteiger partial charge in [0.25, 0.3) is 0 Å². The quantitative estimate of drug-likeness (QED) is 0.434. The van der Waals surface area contributed by atoms with Gasteiger partial charge in [-0.15, -0.1) is 0 Å². The molecule has 0 N–H and O–H groups in total. The normalized spacial score (nSPS) is 12.9. The lowest BCUT2D eigenvalue weighted by molar-refractivity contribution is 1.15. The molecule has 0 heterocycles. The Labute approximate surface area is 68.1 Å². The van der Waals surface area contributed by atoms with Crippen LogP contribution in [0.5, 0.6) is 0 Å². The van der Waals surface area contributed by atoms with Gasteiger partial charge < -0.3 is 0 Å². The Balaban J connectivity index is 4.61. The molecule has 2 nitrogen and oxygen atoms in total. The van der Waals surface area contributed by atoms with Crippen LogP contribution in [0.25, 0.3) is 0 Å². The van der Waals surface area contributed by atoms with Gasteiger partial charge in [0.2, 0.25) is 0 Å². The smallest absolute Gasteiger partial charge is 0.0835 e. The second-order valence-electron chi connectivity index (χ2n) is 1.99. The number of allylic oxidation sites excluding steroid dienone is 2. The molecule has 11 heavy (non-hydrogen) atoms. The molecule has 0 saturated carbocycles. The number of aliphatic imine (C=N–C) groups is 2. The van der Waals surface area contributed by atoms with Crippen LogP contribution in [0.1, 0.15) is 20.3 Å². The van der Waals surface area contributed by atoms with Crippen molar-refractivity contribution in [3.8, 4) is 0 Å². The molecule has 0 radical (unpaired) electrons. The Kier molecular flexibility index (Phi) is 4.99. The first-order valence-corrected chi connectivity index (χ1v) is 3.60. The number of nitrogens with zero attached hydrogens (tertiary/aromatic N) is 2. The summed E-state index contributed by atoms with van der Waals surface area (Å²) in [5.74, 6) is 0. The molecule has 0 bridgehead atoms. The first kappa shape index (κ1) is 9.82. The Morgan fingerprint density at radius 2 is 1.82 bits per heavy atom. The van der Waals surface area contributed by atoms with Crippen LogP contribution in [0.15, 0.2) is 33.5 Å². The molecule has 0 aromatic heterocycles. The number of hydrogen-bond donors (Lipinski definition) is 0. The molecule has 0 fully saturated rings. The van der Waals surface area contributed by atoms with Crippen LogP contribution in [0.3, 0.4) is 0 Å². The van der Waals surface area contributed by atoms with Crippen molar-refractivity contribution in [2.45, 2.75) is 20.3 Å². The van der Waals surface area contributed by atoms with Gasteiger partial charge in [0.1, 0.15) is 0 Å². The van der Waals surface area contributed by atoms with Gasteiger partial charge in [-0.25, -0.2) is 0 Å². The van der Waals surface area contributed by atoms with E-state index in [0.29, 0.717) is 0 Å². The first-order valence-electron chi connectivity index (χ1n) is 3.60. The van der Waals surface area contributed by atoms with E-state index in [1.54, 1.807) is 0 Å². The van der Waals surface area contributed by atoms with Crippen molar-refractivity contribution in [1.82, 2.24) is 0 Å². The zero-order chi connectivity index (χ0) is 8.69. The third kappa shape index (κ3) is 2.94. The van der Waals surface area contributed by atoms with Crippen LogP contribution in [0, 0.1) is 0 Å². The first-order chi connectivity index (χ1) is 5.29. The fourth-order valence-electron chi connectivity index (χ4n) is 0.764. The standard InChI is InChI=1S/C9H14N2/c1-5-7-9(11-4)8(6-2)10-3/h6-7H,3-5H2,1-2H3/b8-6+,9-7+. The van der Waals surface area contributed by atoms with Gasteiger partial charge in [-0.3, -0.25) is 9.98 Å². The lowest BCUT2D eigenvalue weighted by atomic mass is 10.2. The highest BCUT2D eigenvalue weighted by Crippen LogP contribution is 2.11. The lowest BCUT2D eigenvalue weighted by Gasteiger charge is -1.98. The monoisotopic (exact) mass is 150 g/mol. The van der Waals surface area contributed by atoms with E-state index in [2.05, 4.69) is 23.4 Å². The van der Waals surface area contributed by atoms with E-state index in [1.165, 1.54) is 0 Å². The Bertz CT molecular complexity index is 200. The third-order valence-corrected chi connectivity index (χ3v) is 1.27. The van der Waals surface area contributed by atoms with Crippen molar-refractivity contribution in [1.29, 1.82) is 0 Å². The average molecular weight is 150 g/mol. The Morgan fingerprint density at radius 3 is 2.09 bits per heavy atom. The molecule has 0 atom stereocenters. The Morgan fingerprint density at radius 1 is 1.27 bits per heavy atom. The maximum atomic E-state index is 3.83. The van der Waals surface area contributed by atoms with Gasteiger partial charge in [0.15, 0.2) is 0 Å². The summed E-state index contributed by atoms with van der Waals surface area (Å²) in [4.78, 5) is 7.63. The molecule has 0 aliphatic rings. The average Bonchev–Trinajstić information content (AvgIpc) is 2.05. The molecule has 0 aliphatic heterocycles. The molecule has 0 aromatic carbocycles. The Hall–Kier alpha value is -1.18. The van der Waals surface area contributed by atoms with Gasteiger partial charge >= 0.3 is 0 Å². The van der Waals surface area contributed by atoms with E-state index in [-0.39, 0.29) is 0 Å². The topological polar surface area (TPSA) is 24.7 Å². The minimum absolute atomic E-state index is 0.793. The molecule has 0 spiro atoms. The summed E-state index contributed by atoms with van der Waals surface area (Å²) >= 11 is 0. The zero-order valence-electron chi connectivity index (χ0n) is 7.17. The van der Waals surface area contributed by atoms with E-state index in [9.17, 15) is 0 Å². The predicted octanol–water partition coefficient (Wildman–Crippen LogP) is 2.59. The molecule has 2 heteroatoms. The minimum atomic E-state index is 0.793. The zero-order valence-corrected chi connectivity index (χ0v) is 7.17. The van der Waals surface area contributed by atoms with Crippen molar-refractivity contribution in [3.05, 3.63) is 23.5 Å². The van der Waals surface area contributed by atoms with Crippen molar-refractivity contribution < 1.29 is 0 Å². The lowest BCUT2D eigenvalue weighted by Crippen LogP contribution is -1.81. The highest BCUT2D eigenvalue weighted by atomic mass is 14.8. The van der Waals surface area contributed by atoms with E-state index in [1.807, 2.05) is 26.0 Å². The molecule has 0 amide bonds. The summed E-state index contributed by atoms with van der Waals surface area (Å²) in [5.41, 5.74) is 1.60. The van der Waals surface area contributed by atoms with Crippen LogP contribution < -0.4 is 0 Å². The minimum Gasteiger partial charge on any atom is -0.263 e. The third-order valence-electron chi connectivity index (χ3n) is 1.27. The van der Waals surface area contributed by atoms with Crippen molar-refractivity contribution >= 4 is 13.4 Å². The highest BCUT2D eigenvalue weighted by molar-refractivity contribution is 5.42. The fourth-order valence-corrected chi connectivity index (χ4v) is 0.764. The van der Waals surface area contributed by atoms with Gasteiger partial charge in [-0.1, -0.05) is 19.1 Å². The van der Waals surface area contributed by atoms with Crippen molar-refractivity contribution in [2.24, 2.45) is 9.98 Å².